The molecule has 0 fully saturated rings. The molecule has 0 radical (unpaired) electrons. The number of benzene rings is 1. The highest BCUT2D eigenvalue weighted by Gasteiger charge is 2.15. The van der Waals surface area contributed by atoms with Crippen molar-refractivity contribution in [1.29, 1.82) is 0 Å². The van der Waals surface area contributed by atoms with Gasteiger partial charge in [0.05, 0.1) is 11.9 Å². The maximum atomic E-state index is 4.66. The summed E-state index contributed by atoms with van der Waals surface area (Å²) in [6.45, 7) is 6.91. The summed E-state index contributed by atoms with van der Waals surface area (Å²) in [5.41, 5.74) is 4.23. The predicted molar refractivity (Wildman–Crippen MR) is 112 cm³/mol. The number of hydrogen-bond acceptors (Lipinski definition) is 6. The number of hydrogen-bond donors (Lipinski definition) is 1. The van der Waals surface area contributed by atoms with Gasteiger partial charge in [-0.1, -0.05) is 43.8 Å². The van der Waals surface area contributed by atoms with Crippen LogP contribution in [0.2, 0.25) is 0 Å². The second-order valence-electron chi connectivity index (χ2n) is 6.85. The van der Waals surface area contributed by atoms with Gasteiger partial charge in [0, 0.05) is 24.5 Å². The van der Waals surface area contributed by atoms with E-state index in [-0.39, 0.29) is 0 Å². The quantitative estimate of drug-likeness (QED) is 0.498. The number of aromatic nitrogens is 6. The third-order valence-corrected chi connectivity index (χ3v) is 5.24. The molecule has 3 aromatic heterocycles. The van der Waals surface area contributed by atoms with Crippen LogP contribution < -0.4 is 5.32 Å². The Morgan fingerprint density at radius 2 is 2.00 bits per heavy atom. The van der Waals surface area contributed by atoms with E-state index >= 15 is 0 Å². The van der Waals surface area contributed by atoms with E-state index in [1.54, 1.807) is 4.52 Å². The highest BCUT2D eigenvalue weighted by atomic mass is 32.2. The average Bonchev–Trinajstić information content (AvgIpc) is 3.32. The Morgan fingerprint density at radius 3 is 2.71 bits per heavy atom. The molecule has 0 amide bonds. The van der Waals surface area contributed by atoms with Crippen molar-refractivity contribution in [3.05, 3.63) is 59.8 Å². The molecule has 4 aromatic rings. The fourth-order valence-corrected chi connectivity index (χ4v) is 3.55. The van der Waals surface area contributed by atoms with Gasteiger partial charge in [-0.25, -0.2) is 9.97 Å². The highest BCUT2D eigenvalue weighted by Crippen LogP contribution is 2.24. The monoisotopic (exact) mass is 393 g/mol. The molecule has 28 heavy (non-hydrogen) atoms. The Kier molecular flexibility index (Phi) is 5.04. The SMILES string of the molecule is CSc1nc(NCc2ccccc2-n2ccnc2C)n2ncc(C(C)C)c2n1. The van der Waals surface area contributed by atoms with Crippen molar-refractivity contribution in [2.45, 2.75) is 38.4 Å². The molecule has 0 saturated carbocycles. The molecule has 0 aliphatic heterocycles. The minimum Gasteiger partial charge on any atom is -0.350 e. The van der Waals surface area contributed by atoms with E-state index in [9.17, 15) is 0 Å². The van der Waals surface area contributed by atoms with E-state index in [0.717, 1.165) is 33.4 Å². The van der Waals surface area contributed by atoms with Crippen LogP contribution in [0, 0.1) is 6.92 Å². The predicted octanol–water partition coefficient (Wildman–Crippen LogP) is 4.08. The number of anilines is 1. The summed E-state index contributed by atoms with van der Waals surface area (Å²) in [4.78, 5) is 13.6. The fourth-order valence-electron chi connectivity index (χ4n) is 3.19. The zero-order chi connectivity index (χ0) is 19.7. The summed E-state index contributed by atoms with van der Waals surface area (Å²) in [7, 11) is 0. The van der Waals surface area contributed by atoms with Gasteiger partial charge in [0.2, 0.25) is 5.95 Å². The number of aryl methyl sites for hydroxylation is 1. The molecule has 0 aliphatic rings. The lowest BCUT2D eigenvalue weighted by molar-refractivity contribution is 0.822. The third kappa shape index (κ3) is 3.35. The zero-order valence-corrected chi connectivity index (χ0v) is 17.2. The molecular formula is C20H23N7S. The molecule has 0 atom stereocenters. The van der Waals surface area contributed by atoms with Gasteiger partial charge in [0.1, 0.15) is 5.82 Å². The third-order valence-electron chi connectivity index (χ3n) is 4.69. The Balaban J connectivity index is 1.70. The van der Waals surface area contributed by atoms with Crippen molar-refractivity contribution < 1.29 is 0 Å². The summed E-state index contributed by atoms with van der Waals surface area (Å²) in [6.07, 6.45) is 7.66. The van der Waals surface area contributed by atoms with Crippen molar-refractivity contribution in [3.8, 4) is 5.69 Å². The second kappa shape index (κ2) is 7.63. The van der Waals surface area contributed by atoms with Gasteiger partial charge in [-0.15, -0.1) is 0 Å². The first kappa shape index (κ1) is 18.5. The first-order valence-electron chi connectivity index (χ1n) is 9.20. The molecule has 3 heterocycles. The second-order valence-corrected chi connectivity index (χ2v) is 7.62. The fraction of sp³-hybridized carbons (Fsp3) is 0.300. The summed E-state index contributed by atoms with van der Waals surface area (Å²) >= 11 is 1.53. The molecule has 8 heteroatoms. The van der Waals surface area contributed by atoms with E-state index in [4.69, 9.17) is 0 Å². The highest BCUT2D eigenvalue weighted by molar-refractivity contribution is 7.98. The molecule has 144 valence electrons. The maximum absolute atomic E-state index is 4.66. The van der Waals surface area contributed by atoms with Crippen molar-refractivity contribution in [1.82, 2.24) is 29.1 Å². The molecule has 0 unspecified atom stereocenters. The topological polar surface area (TPSA) is 72.9 Å². The minimum atomic E-state index is 0.347. The first-order chi connectivity index (χ1) is 13.6. The van der Waals surface area contributed by atoms with Crippen LogP contribution in [-0.4, -0.2) is 35.4 Å². The van der Waals surface area contributed by atoms with E-state index in [1.807, 2.05) is 43.9 Å². The maximum Gasteiger partial charge on any atom is 0.228 e. The number of fused-ring (bicyclic) bond motifs is 1. The molecule has 0 aliphatic carbocycles. The van der Waals surface area contributed by atoms with Gasteiger partial charge in [0.25, 0.3) is 0 Å². The van der Waals surface area contributed by atoms with Gasteiger partial charge in [-0.3, -0.25) is 0 Å². The van der Waals surface area contributed by atoms with Crippen LogP contribution in [0.5, 0.6) is 0 Å². The molecule has 4 rings (SSSR count). The number of thioether (sulfide) groups is 1. The van der Waals surface area contributed by atoms with Gasteiger partial charge < -0.3 is 9.88 Å². The Morgan fingerprint density at radius 1 is 1.18 bits per heavy atom. The van der Waals surface area contributed by atoms with E-state index in [1.165, 1.54) is 11.8 Å². The number of para-hydroxylation sites is 1. The zero-order valence-electron chi connectivity index (χ0n) is 16.4. The standard InChI is InChI=1S/C20H23N7S/c1-13(2)16-12-23-27-18(16)24-20(28-4)25-19(27)22-11-15-7-5-6-8-17(15)26-10-9-21-14(26)3/h5-10,12-13H,11H2,1-4H3,(H,22,24,25). The number of nitrogens with zero attached hydrogens (tertiary/aromatic N) is 6. The van der Waals surface area contributed by atoms with Gasteiger partial charge in [-0.05, 0) is 30.7 Å². The molecule has 0 saturated heterocycles. The van der Waals surface area contributed by atoms with Crippen LogP contribution in [0.1, 0.15) is 36.7 Å². The van der Waals surface area contributed by atoms with E-state index in [2.05, 4.69) is 55.9 Å². The van der Waals surface area contributed by atoms with Crippen molar-refractivity contribution in [2.24, 2.45) is 0 Å². The summed E-state index contributed by atoms with van der Waals surface area (Å²) in [6, 6.07) is 8.29. The average molecular weight is 394 g/mol. The molecule has 7 nitrogen and oxygen atoms in total. The lowest BCUT2D eigenvalue weighted by Gasteiger charge is -2.14. The molecule has 0 spiro atoms. The van der Waals surface area contributed by atoms with Crippen LogP contribution in [0.3, 0.4) is 0 Å². The summed E-state index contributed by atoms with van der Waals surface area (Å²) in [5, 5.41) is 8.71. The Labute approximate surface area is 168 Å². The Hall–Kier alpha value is -2.87. The van der Waals surface area contributed by atoms with Crippen molar-refractivity contribution >= 4 is 23.4 Å². The molecule has 1 aromatic carbocycles. The summed E-state index contributed by atoms with van der Waals surface area (Å²) < 4.78 is 3.88. The largest absolute Gasteiger partial charge is 0.350 e. The first-order valence-corrected chi connectivity index (χ1v) is 10.4. The van der Waals surface area contributed by atoms with Gasteiger partial charge >= 0.3 is 0 Å². The molecular weight excluding hydrogens is 370 g/mol. The van der Waals surface area contributed by atoms with Gasteiger partial charge in [-0.2, -0.15) is 14.6 Å². The normalized spacial score (nSPS) is 11.5. The molecule has 0 bridgehead atoms. The number of imidazole rings is 1. The molecule has 1 N–H and O–H groups in total. The lowest BCUT2D eigenvalue weighted by atomic mass is 10.1. The van der Waals surface area contributed by atoms with Gasteiger partial charge in [0.15, 0.2) is 10.8 Å². The van der Waals surface area contributed by atoms with E-state index in [0.29, 0.717) is 18.4 Å². The van der Waals surface area contributed by atoms with E-state index < -0.39 is 0 Å². The van der Waals surface area contributed by atoms with Crippen molar-refractivity contribution in [2.75, 3.05) is 11.6 Å². The smallest absolute Gasteiger partial charge is 0.228 e. The minimum absolute atomic E-state index is 0.347. The van der Waals surface area contributed by atoms with Crippen LogP contribution >= 0.6 is 11.8 Å². The summed E-state index contributed by atoms with van der Waals surface area (Å²) in [5.74, 6) is 1.99. The van der Waals surface area contributed by atoms with Crippen LogP contribution in [0.15, 0.2) is 48.0 Å². The van der Waals surface area contributed by atoms with Crippen LogP contribution in [0.25, 0.3) is 11.3 Å². The number of nitrogens with one attached hydrogen (secondary N) is 1. The Bertz CT molecular complexity index is 1110. The van der Waals surface area contributed by atoms with Crippen LogP contribution in [-0.2, 0) is 6.54 Å². The lowest BCUT2D eigenvalue weighted by Crippen LogP contribution is -2.11. The van der Waals surface area contributed by atoms with Crippen molar-refractivity contribution in [3.63, 3.8) is 0 Å². The number of rotatable bonds is 6. The van der Waals surface area contributed by atoms with Crippen LogP contribution in [0.4, 0.5) is 5.95 Å².